The lowest BCUT2D eigenvalue weighted by atomic mass is 9.80. The van der Waals surface area contributed by atoms with Gasteiger partial charge in [0.15, 0.2) is 0 Å². The first-order chi connectivity index (χ1) is 9.53. The lowest BCUT2D eigenvalue weighted by Crippen LogP contribution is -2.44. The van der Waals surface area contributed by atoms with Gasteiger partial charge in [0, 0.05) is 12.6 Å². The van der Waals surface area contributed by atoms with Crippen LogP contribution in [-0.2, 0) is 0 Å². The minimum atomic E-state index is 0.104. The van der Waals surface area contributed by atoms with Crippen LogP contribution in [0.25, 0.3) is 0 Å². The highest BCUT2D eigenvalue weighted by Crippen LogP contribution is 2.33. The molecule has 0 saturated carbocycles. The quantitative estimate of drug-likeness (QED) is 0.884. The predicted octanol–water partition coefficient (Wildman–Crippen LogP) is 3.83. The third-order valence-corrected chi connectivity index (χ3v) is 4.92. The average molecular weight is 274 g/mol. The second kappa shape index (κ2) is 6.73. The number of rotatable bonds is 5. The molecule has 1 aliphatic rings. The van der Waals surface area contributed by atoms with E-state index < -0.39 is 0 Å². The molecule has 2 N–H and O–H groups in total. The Labute approximate surface area is 124 Å². The summed E-state index contributed by atoms with van der Waals surface area (Å²) >= 11 is 0. The Kier molecular flexibility index (Phi) is 5.22. The van der Waals surface area contributed by atoms with Crippen LogP contribution in [0.2, 0.25) is 0 Å². The molecule has 0 aliphatic carbocycles. The van der Waals surface area contributed by atoms with Crippen LogP contribution in [0.1, 0.15) is 51.6 Å². The van der Waals surface area contributed by atoms with Crippen molar-refractivity contribution in [2.24, 2.45) is 17.1 Å². The molecular formula is C18H30N2. The van der Waals surface area contributed by atoms with Crippen molar-refractivity contribution < 1.29 is 0 Å². The van der Waals surface area contributed by atoms with Crippen molar-refractivity contribution in [1.82, 2.24) is 4.90 Å². The molecule has 1 aromatic rings. The van der Waals surface area contributed by atoms with Crippen LogP contribution in [0.4, 0.5) is 0 Å². The molecule has 0 radical (unpaired) electrons. The van der Waals surface area contributed by atoms with Gasteiger partial charge < -0.3 is 10.6 Å². The Balaban J connectivity index is 1.94. The highest BCUT2D eigenvalue weighted by molar-refractivity contribution is 5.20. The van der Waals surface area contributed by atoms with Crippen LogP contribution >= 0.6 is 0 Å². The number of hydrogen-bond donors (Lipinski definition) is 1. The van der Waals surface area contributed by atoms with Crippen molar-refractivity contribution >= 4 is 0 Å². The Morgan fingerprint density at radius 1 is 1.20 bits per heavy atom. The van der Waals surface area contributed by atoms with Crippen LogP contribution in [-0.4, -0.2) is 24.5 Å². The maximum atomic E-state index is 6.52. The van der Waals surface area contributed by atoms with Crippen molar-refractivity contribution in [3.63, 3.8) is 0 Å². The SMILES string of the molecule is CCC1CCN(CC(C)(C)C(N)c2ccccc2)CC1. The molecule has 2 heteroatoms. The molecule has 20 heavy (non-hydrogen) atoms. The summed E-state index contributed by atoms with van der Waals surface area (Å²) in [7, 11) is 0. The fraction of sp³-hybridized carbons (Fsp3) is 0.667. The van der Waals surface area contributed by atoms with Gasteiger partial charge >= 0.3 is 0 Å². The zero-order valence-electron chi connectivity index (χ0n) is 13.3. The van der Waals surface area contributed by atoms with E-state index in [1.807, 2.05) is 0 Å². The molecule has 2 rings (SSSR count). The number of likely N-dealkylation sites (tertiary alicyclic amines) is 1. The predicted molar refractivity (Wildman–Crippen MR) is 86.6 cm³/mol. The molecular weight excluding hydrogens is 244 g/mol. The van der Waals surface area contributed by atoms with Gasteiger partial charge in [-0.2, -0.15) is 0 Å². The molecule has 1 saturated heterocycles. The standard InChI is InChI=1S/C18H30N2/c1-4-15-10-12-20(13-11-15)14-18(2,3)17(19)16-8-6-5-7-9-16/h5-9,15,17H,4,10-14,19H2,1-3H3. The smallest absolute Gasteiger partial charge is 0.0359 e. The van der Waals surface area contributed by atoms with Gasteiger partial charge in [-0.1, -0.05) is 57.5 Å². The first kappa shape index (κ1) is 15.5. The number of piperidine rings is 1. The fourth-order valence-corrected chi connectivity index (χ4v) is 3.34. The number of hydrogen-bond acceptors (Lipinski definition) is 2. The summed E-state index contributed by atoms with van der Waals surface area (Å²) in [4.78, 5) is 2.61. The summed E-state index contributed by atoms with van der Waals surface area (Å²) < 4.78 is 0. The van der Waals surface area contributed by atoms with Crippen LogP contribution in [0.5, 0.6) is 0 Å². The Morgan fingerprint density at radius 2 is 1.80 bits per heavy atom. The maximum absolute atomic E-state index is 6.52. The van der Waals surface area contributed by atoms with Gasteiger partial charge in [0.1, 0.15) is 0 Å². The lowest BCUT2D eigenvalue weighted by Gasteiger charge is -2.40. The minimum absolute atomic E-state index is 0.104. The summed E-state index contributed by atoms with van der Waals surface area (Å²) in [5.41, 5.74) is 7.88. The number of benzene rings is 1. The van der Waals surface area contributed by atoms with Crippen LogP contribution in [0.3, 0.4) is 0 Å². The molecule has 0 amide bonds. The van der Waals surface area contributed by atoms with E-state index in [1.54, 1.807) is 0 Å². The minimum Gasteiger partial charge on any atom is -0.323 e. The number of nitrogens with two attached hydrogens (primary N) is 1. The van der Waals surface area contributed by atoms with E-state index in [4.69, 9.17) is 5.73 Å². The fourth-order valence-electron chi connectivity index (χ4n) is 3.34. The molecule has 112 valence electrons. The third-order valence-electron chi connectivity index (χ3n) is 4.92. The van der Waals surface area contributed by atoms with E-state index in [0.717, 1.165) is 12.5 Å². The van der Waals surface area contributed by atoms with Crippen LogP contribution in [0, 0.1) is 11.3 Å². The topological polar surface area (TPSA) is 29.3 Å². The molecule has 1 heterocycles. The Bertz CT molecular complexity index is 391. The van der Waals surface area contributed by atoms with Gasteiger partial charge in [-0.15, -0.1) is 0 Å². The highest BCUT2D eigenvalue weighted by Gasteiger charge is 2.31. The Morgan fingerprint density at radius 3 is 2.35 bits per heavy atom. The lowest BCUT2D eigenvalue weighted by molar-refractivity contribution is 0.111. The molecule has 0 spiro atoms. The maximum Gasteiger partial charge on any atom is 0.0359 e. The molecule has 0 aromatic heterocycles. The van der Waals surface area contributed by atoms with Gasteiger partial charge in [0.05, 0.1) is 0 Å². The Hall–Kier alpha value is -0.860. The summed E-state index contributed by atoms with van der Waals surface area (Å²) in [5, 5.41) is 0. The summed E-state index contributed by atoms with van der Waals surface area (Å²) in [6.45, 7) is 10.5. The third kappa shape index (κ3) is 3.83. The largest absolute Gasteiger partial charge is 0.323 e. The number of nitrogens with zero attached hydrogens (tertiary/aromatic N) is 1. The monoisotopic (exact) mass is 274 g/mol. The molecule has 1 atom stereocenters. The summed E-state index contributed by atoms with van der Waals surface area (Å²) in [5.74, 6) is 0.942. The first-order valence-corrected chi connectivity index (χ1v) is 8.06. The van der Waals surface area contributed by atoms with Crippen molar-refractivity contribution in [3.05, 3.63) is 35.9 Å². The summed E-state index contributed by atoms with van der Waals surface area (Å²) in [6, 6.07) is 10.6. The van der Waals surface area contributed by atoms with Gasteiger partial charge in [-0.25, -0.2) is 0 Å². The van der Waals surface area contributed by atoms with Crippen molar-refractivity contribution in [3.8, 4) is 0 Å². The van der Waals surface area contributed by atoms with E-state index >= 15 is 0 Å². The summed E-state index contributed by atoms with van der Waals surface area (Å²) in [6.07, 6.45) is 4.04. The van der Waals surface area contributed by atoms with E-state index in [0.29, 0.717) is 0 Å². The van der Waals surface area contributed by atoms with E-state index in [2.05, 4.69) is 56.0 Å². The highest BCUT2D eigenvalue weighted by atomic mass is 15.1. The van der Waals surface area contributed by atoms with Gasteiger partial charge in [0.2, 0.25) is 0 Å². The van der Waals surface area contributed by atoms with E-state index in [9.17, 15) is 0 Å². The second-order valence-corrected chi connectivity index (χ2v) is 7.00. The normalized spacial score (nSPS) is 20.0. The molecule has 1 fully saturated rings. The van der Waals surface area contributed by atoms with Gasteiger partial charge in [-0.05, 0) is 42.8 Å². The van der Waals surface area contributed by atoms with E-state index in [-0.39, 0.29) is 11.5 Å². The second-order valence-electron chi connectivity index (χ2n) is 7.00. The zero-order valence-corrected chi connectivity index (χ0v) is 13.3. The van der Waals surface area contributed by atoms with E-state index in [1.165, 1.54) is 37.9 Å². The van der Waals surface area contributed by atoms with Crippen molar-refractivity contribution in [2.45, 2.75) is 46.1 Å². The zero-order chi connectivity index (χ0) is 14.6. The molecule has 2 nitrogen and oxygen atoms in total. The average Bonchev–Trinajstić information content (AvgIpc) is 2.48. The van der Waals surface area contributed by atoms with Crippen LogP contribution in [0.15, 0.2) is 30.3 Å². The van der Waals surface area contributed by atoms with Gasteiger partial charge in [-0.3, -0.25) is 0 Å². The molecule has 1 unspecified atom stereocenters. The molecule has 0 bridgehead atoms. The van der Waals surface area contributed by atoms with Gasteiger partial charge in [0.25, 0.3) is 0 Å². The molecule has 1 aromatic carbocycles. The van der Waals surface area contributed by atoms with Crippen molar-refractivity contribution in [2.75, 3.05) is 19.6 Å². The van der Waals surface area contributed by atoms with Crippen molar-refractivity contribution in [1.29, 1.82) is 0 Å². The molecule has 1 aliphatic heterocycles. The first-order valence-electron chi connectivity index (χ1n) is 8.06. The van der Waals surface area contributed by atoms with Crippen LogP contribution < -0.4 is 5.73 Å².